The zero-order valence-corrected chi connectivity index (χ0v) is 22.6. The number of fused-ring (bicyclic) bond motifs is 3. The predicted octanol–water partition coefficient (Wildman–Crippen LogP) is 4.02. The Morgan fingerprint density at radius 2 is 1.65 bits per heavy atom. The second-order valence-corrected chi connectivity index (χ2v) is 11.3. The minimum atomic E-state index is -1.09. The maximum Gasteiger partial charge on any atom is 0.336 e. The number of anilines is 1. The van der Waals surface area contributed by atoms with Gasteiger partial charge in [-0.25, -0.2) is 14.2 Å². The third kappa shape index (κ3) is 3.97. The van der Waals surface area contributed by atoms with Gasteiger partial charge in [-0.15, -0.1) is 0 Å². The molecule has 1 saturated heterocycles. The first-order valence-electron chi connectivity index (χ1n) is 14.1. The lowest BCUT2D eigenvalue weighted by molar-refractivity contribution is 0.0682. The summed E-state index contributed by atoms with van der Waals surface area (Å²) in [5.41, 5.74) is 6.53. The van der Waals surface area contributed by atoms with E-state index < -0.39 is 11.9 Å². The van der Waals surface area contributed by atoms with Crippen molar-refractivity contribution in [3.05, 3.63) is 70.1 Å². The van der Waals surface area contributed by atoms with Gasteiger partial charge in [-0.2, -0.15) is 0 Å². The number of piperazine rings is 1. The second kappa shape index (κ2) is 9.48. The Labute approximate surface area is 231 Å². The van der Waals surface area contributed by atoms with Gasteiger partial charge >= 0.3 is 11.9 Å². The van der Waals surface area contributed by atoms with Crippen molar-refractivity contribution < 1.29 is 24.2 Å². The van der Waals surface area contributed by atoms with Crippen LogP contribution in [0.25, 0.3) is 33.4 Å². The molecule has 2 aromatic rings. The molecule has 1 fully saturated rings. The lowest BCUT2D eigenvalue weighted by atomic mass is 9.85. The topological polar surface area (TPSA) is 97.2 Å². The Balaban J connectivity index is 1.60. The lowest BCUT2D eigenvalue weighted by Gasteiger charge is -2.37. The summed E-state index contributed by atoms with van der Waals surface area (Å²) >= 11 is 0. The number of carbonyl (C=O) groups is 2. The molecule has 0 aromatic heterocycles. The normalized spacial score (nSPS) is 17.3. The molecular formula is C32H32N3O5+. The molecule has 8 nitrogen and oxygen atoms in total. The van der Waals surface area contributed by atoms with Gasteiger partial charge in [0.15, 0.2) is 13.1 Å². The van der Waals surface area contributed by atoms with E-state index in [0.717, 1.165) is 92.4 Å². The Kier molecular flexibility index (Phi) is 5.89. The molecule has 0 radical (unpaired) electrons. The molecule has 2 aromatic carbocycles. The SMILES string of the molecule is CN1CC[N+](=c2ccc3c(-c4cc(C(=O)O)ccc4C(=O)O)c4cc5c6c(c4oc-3c2)CCCN6CCC5)CC1. The van der Waals surface area contributed by atoms with Crippen molar-refractivity contribution in [2.45, 2.75) is 25.7 Å². The molecule has 40 heavy (non-hydrogen) atoms. The molecule has 0 amide bonds. The van der Waals surface area contributed by atoms with Gasteiger partial charge in [0.25, 0.3) is 0 Å². The van der Waals surface area contributed by atoms with Gasteiger partial charge in [-0.3, -0.25) is 4.90 Å². The molecule has 1 aliphatic carbocycles. The molecule has 0 saturated carbocycles. The van der Waals surface area contributed by atoms with Crippen LogP contribution in [-0.4, -0.2) is 73.4 Å². The monoisotopic (exact) mass is 538 g/mol. The molecule has 7 rings (SSSR count). The van der Waals surface area contributed by atoms with E-state index in [-0.39, 0.29) is 11.1 Å². The molecule has 4 heterocycles. The molecule has 204 valence electrons. The van der Waals surface area contributed by atoms with E-state index in [9.17, 15) is 19.8 Å². The smallest absolute Gasteiger partial charge is 0.336 e. The maximum atomic E-state index is 12.5. The number of hydrogen-bond donors (Lipinski definition) is 2. The van der Waals surface area contributed by atoms with Gasteiger partial charge in [0, 0.05) is 46.9 Å². The highest BCUT2D eigenvalue weighted by Crippen LogP contribution is 2.47. The van der Waals surface area contributed by atoms with Gasteiger partial charge in [0.1, 0.15) is 11.3 Å². The van der Waals surface area contributed by atoms with Crippen molar-refractivity contribution in [1.82, 2.24) is 9.48 Å². The van der Waals surface area contributed by atoms with Crippen LogP contribution < -0.4 is 14.8 Å². The molecule has 8 heteroatoms. The molecular weight excluding hydrogens is 506 g/mol. The van der Waals surface area contributed by atoms with Gasteiger partial charge in [0.05, 0.1) is 30.3 Å². The summed E-state index contributed by atoms with van der Waals surface area (Å²) in [5, 5.41) is 21.9. The molecule has 4 aliphatic heterocycles. The molecule has 0 unspecified atom stereocenters. The first-order chi connectivity index (χ1) is 19.4. The van der Waals surface area contributed by atoms with Crippen LogP contribution in [0.4, 0.5) is 5.69 Å². The number of hydrogen-bond acceptors (Lipinski definition) is 5. The largest absolute Gasteiger partial charge is 0.478 e. The first-order valence-corrected chi connectivity index (χ1v) is 14.1. The Hall–Kier alpha value is -4.17. The first kappa shape index (κ1) is 24.8. The average molecular weight is 539 g/mol. The van der Waals surface area contributed by atoms with Crippen LogP contribution in [-0.2, 0) is 12.8 Å². The van der Waals surface area contributed by atoms with Crippen LogP contribution in [0.3, 0.4) is 0 Å². The van der Waals surface area contributed by atoms with Crippen molar-refractivity contribution in [3.8, 4) is 22.5 Å². The summed E-state index contributed by atoms with van der Waals surface area (Å²) in [6.07, 6.45) is 3.95. The molecule has 0 atom stereocenters. The summed E-state index contributed by atoms with van der Waals surface area (Å²) in [4.78, 5) is 29.2. The quantitative estimate of drug-likeness (QED) is 0.300. The van der Waals surface area contributed by atoms with Gasteiger partial charge < -0.3 is 19.5 Å². The average Bonchev–Trinajstić information content (AvgIpc) is 2.96. The van der Waals surface area contributed by atoms with E-state index in [2.05, 4.69) is 39.6 Å². The van der Waals surface area contributed by atoms with Gasteiger partial charge in [-0.05, 0) is 74.2 Å². The van der Waals surface area contributed by atoms with E-state index in [1.165, 1.54) is 35.0 Å². The second-order valence-electron chi connectivity index (χ2n) is 11.3. The maximum absolute atomic E-state index is 12.5. The van der Waals surface area contributed by atoms with Crippen LogP contribution in [0, 0.1) is 0 Å². The highest BCUT2D eigenvalue weighted by Gasteiger charge is 2.31. The Bertz CT molecular complexity index is 1740. The standard InChI is InChI=1S/C32H31N3O5/c1-33-12-14-34(15-13-33)21-7-9-23-27(18-21)40-30-24-5-3-11-35-10-2-4-19(29(24)35)16-26(30)28(23)25-17-20(31(36)37)6-8-22(25)32(38)39/h6-9,16-18H,2-5,10-15H2,1H3,(H-,36,37,38,39)/p+1. The van der Waals surface area contributed by atoms with E-state index in [1.807, 2.05) is 6.07 Å². The zero-order chi connectivity index (χ0) is 27.5. The number of carboxylic acid groups (broad SMARTS) is 2. The molecule has 0 spiro atoms. The number of benzene rings is 3. The number of aryl methyl sites for hydroxylation is 2. The van der Waals surface area contributed by atoms with Gasteiger partial charge in [-0.1, -0.05) is 0 Å². The minimum absolute atomic E-state index is 0.0571. The fourth-order valence-corrected chi connectivity index (χ4v) is 6.81. The number of aromatic carboxylic acids is 2. The van der Waals surface area contributed by atoms with E-state index in [1.54, 1.807) is 0 Å². The van der Waals surface area contributed by atoms with Crippen LogP contribution >= 0.6 is 0 Å². The van der Waals surface area contributed by atoms with Crippen molar-refractivity contribution in [3.63, 3.8) is 0 Å². The predicted molar refractivity (Wildman–Crippen MR) is 154 cm³/mol. The van der Waals surface area contributed by atoms with Crippen LogP contribution in [0.1, 0.15) is 44.7 Å². The summed E-state index contributed by atoms with van der Waals surface area (Å²) in [6, 6.07) is 12.6. The summed E-state index contributed by atoms with van der Waals surface area (Å²) < 4.78 is 9.13. The molecule has 2 N–H and O–H groups in total. The fourth-order valence-electron chi connectivity index (χ4n) is 6.81. The third-order valence-corrected chi connectivity index (χ3v) is 8.82. The highest BCUT2D eigenvalue weighted by molar-refractivity contribution is 6.10. The number of carboxylic acids is 2. The van der Waals surface area contributed by atoms with Crippen molar-refractivity contribution in [2.75, 3.05) is 51.2 Å². The molecule has 5 aliphatic rings. The van der Waals surface area contributed by atoms with Crippen LogP contribution in [0.15, 0.2) is 46.9 Å². The summed E-state index contributed by atoms with van der Waals surface area (Å²) in [6.45, 7) is 5.86. The lowest BCUT2D eigenvalue weighted by Crippen LogP contribution is -2.46. The summed E-state index contributed by atoms with van der Waals surface area (Å²) in [5.74, 6) is -1.50. The molecule has 0 bridgehead atoms. The van der Waals surface area contributed by atoms with E-state index in [4.69, 9.17) is 4.42 Å². The Morgan fingerprint density at radius 3 is 2.40 bits per heavy atom. The minimum Gasteiger partial charge on any atom is -0.478 e. The van der Waals surface area contributed by atoms with Crippen molar-refractivity contribution in [1.29, 1.82) is 0 Å². The van der Waals surface area contributed by atoms with E-state index in [0.29, 0.717) is 11.3 Å². The highest BCUT2D eigenvalue weighted by atomic mass is 16.4. The Morgan fingerprint density at radius 1 is 0.875 bits per heavy atom. The number of likely N-dealkylation sites (N-methyl/N-ethyl adjacent to an activating group) is 1. The third-order valence-electron chi connectivity index (χ3n) is 8.82. The van der Waals surface area contributed by atoms with Crippen LogP contribution in [0.5, 0.6) is 0 Å². The van der Waals surface area contributed by atoms with Crippen LogP contribution in [0.2, 0.25) is 0 Å². The van der Waals surface area contributed by atoms with E-state index >= 15 is 0 Å². The number of rotatable bonds is 3. The van der Waals surface area contributed by atoms with Gasteiger partial charge in [0.2, 0.25) is 5.36 Å². The van der Waals surface area contributed by atoms with Crippen molar-refractivity contribution in [2.24, 2.45) is 0 Å². The number of nitrogens with zero attached hydrogens (tertiary/aromatic N) is 3. The zero-order valence-electron chi connectivity index (χ0n) is 22.6. The summed E-state index contributed by atoms with van der Waals surface area (Å²) in [7, 11) is 2.13. The van der Waals surface area contributed by atoms with Crippen molar-refractivity contribution >= 4 is 28.6 Å². The fraction of sp³-hybridized carbons (Fsp3) is 0.344.